The molecule has 1 saturated carbocycles. The van der Waals surface area contributed by atoms with E-state index in [4.69, 9.17) is 16.3 Å². The van der Waals surface area contributed by atoms with Gasteiger partial charge in [0.05, 0.1) is 5.02 Å². The molecule has 0 radical (unpaired) electrons. The highest BCUT2D eigenvalue weighted by atomic mass is 35.5. The highest BCUT2D eigenvalue weighted by Gasteiger charge is 2.23. The van der Waals surface area contributed by atoms with Crippen LogP contribution in [0.25, 0.3) is 0 Å². The smallest absolute Gasteiger partial charge is 0.258 e. The summed E-state index contributed by atoms with van der Waals surface area (Å²) in [4.78, 5) is 11.5. The lowest BCUT2D eigenvalue weighted by Crippen LogP contribution is -2.30. The number of benzene rings is 1. The van der Waals surface area contributed by atoms with Crippen molar-refractivity contribution in [3.63, 3.8) is 0 Å². The van der Waals surface area contributed by atoms with Gasteiger partial charge in [0, 0.05) is 12.6 Å². The number of hydrogen-bond acceptors (Lipinski definition) is 3. The van der Waals surface area contributed by atoms with E-state index in [0.29, 0.717) is 16.8 Å². The fraction of sp³-hybridized carbons (Fsp3) is 0.500. The Hall–Kier alpha value is -1.26. The minimum absolute atomic E-state index is 0.0166. The van der Waals surface area contributed by atoms with E-state index in [1.54, 1.807) is 6.07 Å². The zero-order valence-corrected chi connectivity index (χ0v) is 11.8. The number of carbonyl (C=O) groups is 1. The molecule has 19 heavy (non-hydrogen) atoms. The Bertz CT molecular complexity index is 447. The third kappa shape index (κ3) is 4.73. The second-order valence-electron chi connectivity index (χ2n) is 4.68. The molecule has 4 nitrogen and oxygen atoms in total. The highest BCUT2D eigenvalue weighted by Crippen LogP contribution is 2.25. The first kappa shape index (κ1) is 14.2. The summed E-state index contributed by atoms with van der Waals surface area (Å²) < 4.78 is 5.42. The van der Waals surface area contributed by atoms with Gasteiger partial charge in [0.1, 0.15) is 5.75 Å². The number of nitrogens with one attached hydrogen (secondary N) is 2. The van der Waals surface area contributed by atoms with E-state index in [1.807, 2.05) is 12.1 Å². The quantitative estimate of drug-likeness (QED) is 0.805. The maximum atomic E-state index is 11.5. The molecule has 0 bridgehead atoms. The predicted octanol–water partition coefficient (Wildman–Crippen LogP) is 2.11. The van der Waals surface area contributed by atoms with Crippen LogP contribution in [0.15, 0.2) is 18.2 Å². The predicted molar refractivity (Wildman–Crippen MR) is 75.5 cm³/mol. The maximum absolute atomic E-state index is 11.5. The maximum Gasteiger partial charge on any atom is 0.258 e. The third-order valence-electron chi connectivity index (χ3n) is 2.88. The summed E-state index contributed by atoms with van der Waals surface area (Å²) in [5.74, 6) is 0.461. The average molecular weight is 283 g/mol. The van der Waals surface area contributed by atoms with E-state index in [-0.39, 0.29) is 12.5 Å². The van der Waals surface area contributed by atoms with E-state index in [9.17, 15) is 4.79 Å². The SMILES string of the molecule is CCNCc1ccc(OCC(=O)NC2CC2)c(Cl)c1. The third-order valence-corrected chi connectivity index (χ3v) is 3.17. The van der Waals surface area contributed by atoms with Crippen LogP contribution >= 0.6 is 11.6 Å². The van der Waals surface area contributed by atoms with Crippen LogP contribution in [-0.4, -0.2) is 25.1 Å². The Labute approximate surface area is 118 Å². The van der Waals surface area contributed by atoms with Crippen LogP contribution in [0.3, 0.4) is 0 Å². The molecule has 104 valence electrons. The summed E-state index contributed by atoms with van der Waals surface area (Å²) in [6.07, 6.45) is 2.15. The zero-order chi connectivity index (χ0) is 13.7. The van der Waals surface area contributed by atoms with E-state index >= 15 is 0 Å². The molecule has 0 unspecified atom stereocenters. The number of rotatable bonds is 7. The molecule has 2 N–H and O–H groups in total. The number of halogens is 1. The Morgan fingerprint density at radius 3 is 2.89 bits per heavy atom. The summed E-state index contributed by atoms with van der Waals surface area (Å²) in [7, 11) is 0. The first-order valence-corrected chi connectivity index (χ1v) is 6.98. The van der Waals surface area contributed by atoms with Gasteiger partial charge < -0.3 is 15.4 Å². The summed E-state index contributed by atoms with van der Waals surface area (Å²) in [6.45, 7) is 3.76. The second-order valence-corrected chi connectivity index (χ2v) is 5.08. The standard InChI is InChI=1S/C14H19ClN2O2/c1-2-16-8-10-3-6-13(12(15)7-10)19-9-14(18)17-11-4-5-11/h3,6-7,11,16H,2,4-5,8-9H2,1H3,(H,17,18). The van der Waals surface area contributed by atoms with Crippen molar-refractivity contribution in [3.8, 4) is 5.75 Å². The van der Waals surface area contributed by atoms with Crippen molar-refractivity contribution >= 4 is 17.5 Å². The molecule has 0 aromatic heterocycles. The summed E-state index contributed by atoms with van der Waals surface area (Å²) >= 11 is 6.13. The molecule has 0 spiro atoms. The monoisotopic (exact) mass is 282 g/mol. The van der Waals surface area contributed by atoms with Gasteiger partial charge in [-0.25, -0.2) is 0 Å². The van der Waals surface area contributed by atoms with E-state index in [1.165, 1.54) is 0 Å². The molecule has 5 heteroatoms. The molecular weight excluding hydrogens is 264 g/mol. The van der Waals surface area contributed by atoms with Crippen LogP contribution in [0.2, 0.25) is 5.02 Å². The summed E-state index contributed by atoms with van der Waals surface area (Å²) in [6, 6.07) is 5.97. The first-order chi connectivity index (χ1) is 9.19. The molecule has 0 atom stereocenters. The Morgan fingerprint density at radius 1 is 1.47 bits per heavy atom. The van der Waals surface area contributed by atoms with Crippen molar-refractivity contribution in [2.75, 3.05) is 13.2 Å². The largest absolute Gasteiger partial charge is 0.482 e. The van der Waals surface area contributed by atoms with Gasteiger partial charge in [-0.3, -0.25) is 4.79 Å². The van der Waals surface area contributed by atoms with Crippen molar-refractivity contribution in [2.45, 2.75) is 32.4 Å². The topological polar surface area (TPSA) is 50.4 Å². The fourth-order valence-corrected chi connectivity index (χ4v) is 1.94. The van der Waals surface area contributed by atoms with Crippen LogP contribution in [0, 0.1) is 0 Å². The second kappa shape index (κ2) is 6.78. The van der Waals surface area contributed by atoms with Gasteiger partial charge in [-0.05, 0) is 37.1 Å². The van der Waals surface area contributed by atoms with E-state index in [0.717, 1.165) is 31.5 Å². The van der Waals surface area contributed by atoms with Crippen molar-refractivity contribution in [2.24, 2.45) is 0 Å². The summed E-state index contributed by atoms with van der Waals surface area (Å²) in [5, 5.41) is 6.63. The highest BCUT2D eigenvalue weighted by molar-refractivity contribution is 6.32. The van der Waals surface area contributed by atoms with Crippen LogP contribution in [-0.2, 0) is 11.3 Å². The van der Waals surface area contributed by atoms with Gasteiger partial charge in [0.15, 0.2) is 6.61 Å². The Kier molecular flexibility index (Phi) is 5.05. The Balaban J connectivity index is 1.83. The molecule has 1 fully saturated rings. The number of amides is 1. The molecule has 0 heterocycles. The van der Waals surface area contributed by atoms with Crippen molar-refractivity contribution in [1.29, 1.82) is 0 Å². The van der Waals surface area contributed by atoms with E-state index in [2.05, 4.69) is 17.6 Å². The average Bonchev–Trinajstić information content (AvgIpc) is 3.19. The minimum Gasteiger partial charge on any atom is -0.482 e. The van der Waals surface area contributed by atoms with Gasteiger partial charge in [-0.1, -0.05) is 24.6 Å². The number of carbonyl (C=O) groups excluding carboxylic acids is 1. The number of hydrogen-bond donors (Lipinski definition) is 2. The van der Waals surface area contributed by atoms with Crippen molar-refractivity contribution < 1.29 is 9.53 Å². The van der Waals surface area contributed by atoms with Crippen molar-refractivity contribution in [1.82, 2.24) is 10.6 Å². The molecular formula is C14H19ClN2O2. The van der Waals surface area contributed by atoms with Gasteiger partial charge in [-0.2, -0.15) is 0 Å². The molecule has 1 aromatic carbocycles. The molecule has 1 amide bonds. The fourth-order valence-electron chi connectivity index (χ4n) is 1.68. The molecule has 2 rings (SSSR count). The van der Waals surface area contributed by atoms with Crippen LogP contribution in [0.5, 0.6) is 5.75 Å². The lowest BCUT2D eigenvalue weighted by Gasteiger charge is -2.10. The lowest BCUT2D eigenvalue weighted by molar-refractivity contribution is -0.123. The molecule has 0 saturated heterocycles. The van der Waals surface area contributed by atoms with Gasteiger partial charge >= 0.3 is 0 Å². The zero-order valence-electron chi connectivity index (χ0n) is 11.0. The van der Waals surface area contributed by atoms with Gasteiger partial charge in [-0.15, -0.1) is 0 Å². The Morgan fingerprint density at radius 2 is 2.26 bits per heavy atom. The van der Waals surface area contributed by atoms with Crippen molar-refractivity contribution in [3.05, 3.63) is 28.8 Å². The normalized spacial score (nSPS) is 14.2. The van der Waals surface area contributed by atoms with Gasteiger partial charge in [0.2, 0.25) is 0 Å². The molecule has 0 aliphatic heterocycles. The van der Waals surface area contributed by atoms with Crippen LogP contribution in [0.4, 0.5) is 0 Å². The van der Waals surface area contributed by atoms with Gasteiger partial charge in [0.25, 0.3) is 5.91 Å². The first-order valence-electron chi connectivity index (χ1n) is 6.60. The molecule has 1 aliphatic carbocycles. The summed E-state index contributed by atoms with van der Waals surface area (Å²) in [5.41, 5.74) is 1.10. The van der Waals surface area contributed by atoms with E-state index < -0.39 is 0 Å². The minimum atomic E-state index is -0.0877. The van der Waals surface area contributed by atoms with Crippen LogP contribution < -0.4 is 15.4 Å². The molecule has 1 aliphatic rings. The molecule has 1 aromatic rings. The number of ether oxygens (including phenoxy) is 1. The lowest BCUT2D eigenvalue weighted by atomic mass is 10.2. The van der Waals surface area contributed by atoms with Crippen LogP contribution in [0.1, 0.15) is 25.3 Å².